The Labute approximate surface area is 152 Å². The molecule has 1 fully saturated rings. The molecule has 0 amide bonds. The van der Waals surface area contributed by atoms with Gasteiger partial charge in [-0.3, -0.25) is 0 Å². The van der Waals surface area contributed by atoms with Crippen molar-refractivity contribution < 1.29 is 0 Å². The summed E-state index contributed by atoms with van der Waals surface area (Å²) in [6.45, 7) is 3.89. The van der Waals surface area contributed by atoms with E-state index in [4.69, 9.17) is 0 Å². The second kappa shape index (κ2) is 8.18. The average molecular weight is 342 g/mol. The zero-order chi connectivity index (χ0) is 15.5. The number of fused-ring (bicyclic) bond motifs is 1. The van der Waals surface area contributed by atoms with Gasteiger partial charge in [0.05, 0.1) is 0 Å². The first-order valence-corrected chi connectivity index (χ1v) is 9.20. The van der Waals surface area contributed by atoms with Crippen molar-refractivity contribution in [3.05, 3.63) is 71.3 Å². The van der Waals surface area contributed by atoms with E-state index in [1.54, 1.807) is 11.1 Å². The van der Waals surface area contributed by atoms with Gasteiger partial charge in [-0.25, -0.2) is 0 Å². The van der Waals surface area contributed by atoms with Crippen molar-refractivity contribution in [2.24, 2.45) is 11.8 Å². The van der Waals surface area contributed by atoms with E-state index in [2.05, 4.69) is 59.5 Å². The quantitative estimate of drug-likeness (QED) is 0.773. The molecule has 0 spiro atoms. The second-order valence-electron chi connectivity index (χ2n) is 7.48. The second-order valence-corrected chi connectivity index (χ2v) is 7.48. The van der Waals surface area contributed by atoms with Crippen LogP contribution in [0.3, 0.4) is 0 Å². The number of benzene rings is 2. The van der Waals surface area contributed by atoms with Crippen LogP contribution in [-0.2, 0) is 19.3 Å². The third kappa shape index (κ3) is 4.20. The predicted octanol–water partition coefficient (Wildman–Crippen LogP) is 4.78. The van der Waals surface area contributed by atoms with Gasteiger partial charge in [0.1, 0.15) is 0 Å². The number of likely N-dealkylation sites (tertiary alicyclic amines) is 1. The lowest BCUT2D eigenvalue weighted by Gasteiger charge is -2.33. The van der Waals surface area contributed by atoms with Crippen molar-refractivity contribution in [2.45, 2.75) is 32.1 Å². The monoisotopic (exact) mass is 341 g/mol. The molecule has 1 nitrogen and oxygen atoms in total. The molecule has 0 radical (unpaired) electrons. The number of hydrogen-bond donors (Lipinski definition) is 0. The molecular weight excluding hydrogens is 314 g/mol. The third-order valence-electron chi connectivity index (χ3n) is 5.73. The van der Waals surface area contributed by atoms with Gasteiger partial charge in [-0.05, 0) is 73.7 Å². The van der Waals surface area contributed by atoms with Crippen LogP contribution in [0.25, 0.3) is 0 Å². The highest BCUT2D eigenvalue weighted by Gasteiger charge is 2.25. The smallest absolute Gasteiger partial charge is 0.00160 e. The van der Waals surface area contributed by atoms with Crippen LogP contribution in [0.4, 0.5) is 0 Å². The molecule has 2 aliphatic rings. The summed E-state index contributed by atoms with van der Waals surface area (Å²) in [5, 5.41) is 0. The number of piperidine rings is 1. The molecule has 1 heterocycles. The lowest BCUT2D eigenvalue weighted by molar-refractivity contribution is 0.162. The van der Waals surface area contributed by atoms with Crippen LogP contribution in [0, 0.1) is 11.8 Å². The zero-order valence-corrected chi connectivity index (χ0v) is 15.2. The minimum absolute atomic E-state index is 0. The maximum Gasteiger partial charge on any atom is 0.00160 e. The normalized spacial score (nSPS) is 19.0. The maximum absolute atomic E-state index is 2.72. The number of rotatable bonds is 4. The molecular formula is C22H28ClN. The van der Waals surface area contributed by atoms with Gasteiger partial charge in [0.15, 0.2) is 0 Å². The van der Waals surface area contributed by atoms with Crippen LogP contribution in [0.2, 0.25) is 0 Å². The molecule has 128 valence electrons. The maximum atomic E-state index is 2.72. The van der Waals surface area contributed by atoms with Gasteiger partial charge in [0.25, 0.3) is 0 Å². The third-order valence-corrected chi connectivity index (χ3v) is 5.73. The highest BCUT2D eigenvalue weighted by Crippen LogP contribution is 2.29. The van der Waals surface area contributed by atoms with Gasteiger partial charge in [-0.15, -0.1) is 12.4 Å². The average Bonchev–Trinajstić information content (AvgIpc) is 3.00. The first-order chi connectivity index (χ1) is 11.4. The topological polar surface area (TPSA) is 3.24 Å². The lowest BCUT2D eigenvalue weighted by atomic mass is 9.89. The first-order valence-electron chi connectivity index (χ1n) is 9.20. The molecule has 0 atom stereocenters. The first kappa shape index (κ1) is 17.5. The molecule has 24 heavy (non-hydrogen) atoms. The molecule has 0 bridgehead atoms. The molecule has 2 heteroatoms. The molecule has 1 aliphatic carbocycles. The summed E-state index contributed by atoms with van der Waals surface area (Å²) in [6, 6.07) is 20.0. The Balaban J connectivity index is 0.00000169. The van der Waals surface area contributed by atoms with Crippen molar-refractivity contribution in [3.63, 3.8) is 0 Å². The minimum atomic E-state index is 0. The molecule has 1 aliphatic heterocycles. The highest BCUT2D eigenvalue weighted by atomic mass is 35.5. The zero-order valence-electron chi connectivity index (χ0n) is 14.4. The summed E-state index contributed by atoms with van der Waals surface area (Å²) < 4.78 is 0. The number of hydrogen-bond acceptors (Lipinski definition) is 1. The van der Waals surface area contributed by atoms with Gasteiger partial charge in [-0.2, -0.15) is 0 Å². The van der Waals surface area contributed by atoms with E-state index >= 15 is 0 Å². The van der Waals surface area contributed by atoms with Crippen molar-refractivity contribution in [3.8, 4) is 0 Å². The van der Waals surface area contributed by atoms with Crippen LogP contribution in [0.15, 0.2) is 54.6 Å². The Hall–Kier alpha value is -1.31. The molecule has 0 unspecified atom stereocenters. The van der Waals surface area contributed by atoms with E-state index in [9.17, 15) is 0 Å². The van der Waals surface area contributed by atoms with Crippen molar-refractivity contribution in [2.75, 3.05) is 19.6 Å². The molecule has 1 saturated heterocycles. The fourth-order valence-corrected chi connectivity index (χ4v) is 4.46. The Kier molecular flexibility index (Phi) is 5.97. The summed E-state index contributed by atoms with van der Waals surface area (Å²) in [4.78, 5) is 2.72. The van der Waals surface area contributed by atoms with E-state index in [0.29, 0.717) is 0 Å². The van der Waals surface area contributed by atoms with Crippen LogP contribution < -0.4 is 0 Å². The van der Waals surface area contributed by atoms with Crippen LogP contribution in [0.1, 0.15) is 29.5 Å². The highest BCUT2D eigenvalue weighted by molar-refractivity contribution is 5.85. The van der Waals surface area contributed by atoms with E-state index in [1.165, 1.54) is 57.3 Å². The number of nitrogens with zero attached hydrogens (tertiary/aromatic N) is 1. The fourth-order valence-electron chi connectivity index (χ4n) is 4.46. The summed E-state index contributed by atoms with van der Waals surface area (Å²) in [6.07, 6.45) is 6.59. The van der Waals surface area contributed by atoms with Crippen molar-refractivity contribution >= 4 is 12.4 Å². The molecule has 2 aromatic rings. The fraction of sp³-hybridized carbons (Fsp3) is 0.455. The molecule has 0 saturated carbocycles. The summed E-state index contributed by atoms with van der Waals surface area (Å²) in [5.41, 5.74) is 4.70. The van der Waals surface area contributed by atoms with Crippen molar-refractivity contribution in [1.29, 1.82) is 0 Å². The van der Waals surface area contributed by atoms with Gasteiger partial charge in [-0.1, -0.05) is 54.6 Å². The summed E-state index contributed by atoms with van der Waals surface area (Å²) in [5.74, 6) is 1.73. The SMILES string of the molecule is Cl.c1ccc(CC2CCN(CC3Cc4ccccc4C3)CC2)cc1. The molecule has 4 rings (SSSR count). The number of halogens is 1. The van der Waals surface area contributed by atoms with Gasteiger partial charge in [0.2, 0.25) is 0 Å². The predicted molar refractivity (Wildman–Crippen MR) is 104 cm³/mol. The van der Waals surface area contributed by atoms with E-state index < -0.39 is 0 Å². The van der Waals surface area contributed by atoms with E-state index in [-0.39, 0.29) is 12.4 Å². The Morgan fingerprint density at radius 1 is 0.750 bits per heavy atom. The van der Waals surface area contributed by atoms with Gasteiger partial charge < -0.3 is 4.90 Å². The Morgan fingerprint density at radius 3 is 1.96 bits per heavy atom. The lowest BCUT2D eigenvalue weighted by Crippen LogP contribution is -2.37. The van der Waals surface area contributed by atoms with E-state index in [0.717, 1.165) is 11.8 Å². The largest absolute Gasteiger partial charge is 0.303 e. The summed E-state index contributed by atoms with van der Waals surface area (Å²) in [7, 11) is 0. The summed E-state index contributed by atoms with van der Waals surface area (Å²) >= 11 is 0. The Bertz CT molecular complexity index is 606. The minimum Gasteiger partial charge on any atom is -0.303 e. The standard InChI is InChI=1S/C22H27N.ClH/c1-2-6-18(7-3-1)14-19-10-12-23(13-11-19)17-20-15-21-8-4-5-9-22(21)16-20;/h1-9,19-20H,10-17H2;1H. The van der Waals surface area contributed by atoms with Crippen LogP contribution in [-0.4, -0.2) is 24.5 Å². The Morgan fingerprint density at radius 2 is 1.33 bits per heavy atom. The molecule has 0 N–H and O–H groups in total. The van der Waals surface area contributed by atoms with E-state index in [1.807, 2.05) is 0 Å². The van der Waals surface area contributed by atoms with Crippen molar-refractivity contribution in [1.82, 2.24) is 4.90 Å². The van der Waals surface area contributed by atoms with Gasteiger partial charge >= 0.3 is 0 Å². The van der Waals surface area contributed by atoms with Crippen LogP contribution >= 0.6 is 12.4 Å². The molecule has 2 aromatic carbocycles. The van der Waals surface area contributed by atoms with Crippen LogP contribution in [0.5, 0.6) is 0 Å². The molecule has 0 aromatic heterocycles. The van der Waals surface area contributed by atoms with Gasteiger partial charge in [0, 0.05) is 6.54 Å².